The average Bonchev–Trinajstić information content (AvgIpc) is 2.23. The van der Waals surface area contributed by atoms with E-state index in [0.29, 0.717) is 12.9 Å². The number of Topliss-reactive ketones (excluding diaryl/α,β-unsaturated/α-hetero) is 1. The third-order valence-corrected chi connectivity index (χ3v) is 4.76. The number of halogens is 2. The smallest absolute Gasteiger partial charge is 0.208 e. The quantitative estimate of drug-likeness (QED) is 0.469. The van der Waals surface area contributed by atoms with Gasteiger partial charge in [0.2, 0.25) is 5.78 Å². The largest absolute Gasteiger partial charge is 0.498 e. The molecule has 0 saturated heterocycles. The van der Waals surface area contributed by atoms with Crippen LogP contribution in [0, 0.1) is 10.8 Å². The molecule has 0 spiro atoms. The number of aldehydes is 1. The van der Waals surface area contributed by atoms with Crippen molar-refractivity contribution in [3.63, 3.8) is 0 Å². The van der Waals surface area contributed by atoms with Gasteiger partial charge in [0.1, 0.15) is 21.0 Å². The van der Waals surface area contributed by atoms with Crippen molar-refractivity contribution in [3.05, 3.63) is 19.0 Å². The Kier molecular flexibility index (Phi) is 4.44. The number of methoxy groups -OCH3 is 1. The van der Waals surface area contributed by atoms with Gasteiger partial charge in [-0.2, -0.15) is 0 Å². The Bertz CT molecular complexity index is 430. The first-order chi connectivity index (χ1) is 7.71. The third-order valence-electron chi connectivity index (χ3n) is 2.98. The van der Waals surface area contributed by atoms with Gasteiger partial charge in [0, 0.05) is 0 Å². The van der Waals surface area contributed by atoms with Crippen molar-refractivity contribution in [2.24, 2.45) is 10.8 Å². The number of carbonyl (C=O) groups is 2. The van der Waals surface area contributed by atoms with Gasteiger partial charge < -0.3 is 9.53 Å². The first-order valence-corrected chi connectivity index (χ1v) is 7.20. The minimum absolute atomic E-state index is 0.0789. The molecular formula is C12H14I2O3. The molecule has 94 valence electrons. The number of allylic oxidation sites excluding steroid dienone is 3. The normalized spacial score (nSPS) is 25.8. The highest BCUT2D eigenvalue weighted by Crippen LogP contribution is 2.50. The fourth-order valence-electron chi connectivity index (χ4n) is 1.80. The number of rotatable bonds is 2. The zero-order valence-electron chi connectivity index (χ0n) is 10.1. The standard InChI is InChI=1S/C12H14I2O3/c1-11(2,3)12(6-15)5-7(13)9(16)8(14)10(12)17-4/h5-6H,1-4H3. The molecule has 17 heavy (non-hydrogen) atoms. The van der Waals surface area contributed by atoms with Crippen molar-refractivity contribution in [2.75, 3.05) is 7.11 Å². The molecule has 5 heteroatoms. The van der Waals surface area contributed by atoms with Crippen LogP contribution in [0.3, 0.4) is 0 Å². The second-order valence-electron chi connectivity index (χ2n) is 4.91. The Morgan fingerprint density at radius 1 is 1.35 bits per heavy atom. The van der Waals surface area contributed by atoms with E-state index in [9.17, 15) is 9.59 Å². The fraction of sp³-hybridized carbons (Fsp3) is 0.500. The van der Waals surface area contributed by atoms with Crippen molar-refractivity contribution in [1.29, 1.82) is 0 Å². The second-order valence-corrected chi connectivity index (χ2v) is 7.15. The van der Waals surface area contributed by atoms with E-state index >= 15 is 0 Å². The Morgan fingerprint density at radius 3 is 2.24 bits per heavy atom. The highest BCUT2D eigenvalue weighted by Gasteiger charge is 2.49. The van der Waals surface area contributed by atoms with Crippen LogP contribution in [-0.4, -0.2) is 19.2 Å². The number of hydrogen-bond acceptors (Lipinski definition) is 3. The lowest BCUT2D eigenvalue weighted by Crippen LogP contribution is -2.41. The summed E-state index contributed by atoms with van der Waals surface area (Å²) in [5, 5.41) is 0. The Hall–Kier alpha value is 0.0800. The highest BCUT2D eigenvalue weighted by atomic mass is 127. The van der Waals surface area contributed by atoms with Crippen LogP contribution in [0.1, 0.15) is 20.8 Å². The SMILES string of the molecule is COC1=C(I)C(=O)C(I)=CC1(C=O)C(C)(C)C. The molecule has 1 atom stereocenters. The predicted octanol–water partition coefficient (Wildman–Crippen LogP) is 3.41. The van der Waals surface area contributed by atoms with Crippen LogP contribution in [-0.2, 0) is 14.3 Å². The van der Waals surface area contributed by atoms with Gasteiger partial charge in [-0.05, 0) is 56.7 Å². The summed E-state index contributed by atoms with van der Waals surface area (Å²) in [5.74, 6) is 0.371. The molecule has 1 aliphatic rings. The molecule has 0 radical (unpaired) electrons. The maximum Gasteiger partial charge on any atom is 0.208 e. The number of ketones is 1. The highest BCUT2D eigenvalue weighted by molar-refractivity contribution is 14.1. The monoisotopic (exact) mass is 460 g/mol. The number of carbonyl (C=O) groups excluding carboxylic acids is 2. The van der Waals surface area contributed by atoms with E-state index in [1.165, 1.54) is 7.11 Å². The van der Waals surface area contributed by atoms with Crippen molar-refractivity contribution in [1.82, 2.24) is 0 Å². The maximum atomic E-state index is 11.9. The minimum atomic E-state index is -0.872. The van der Waals surface area contributed by atoms with Crippen LogP contribution in [0.4, 0.5) is 0 Å². The molecular weight excluding hydrogens is 446 g/mol. The lowest BCUT2D eigenvalue weighted by Gasteiger charge is -2.41. The van der Waals surface area contributed by atoms with E-state index < -0.39 is 5.41 Å². The van der Waals surface area contributed by atoms with E-state index in [-0.39, 0.29) is 11.2 Å². The first-order valence-electron chi connectivity index (χ1n) is 5.05. The molecule has 3 nitrogen and oxygen atoms in total. The summed E-state index contributed by atoms with van der Waals surface area (Å²) >= 11 is 3.92. The van der Waals surface area contributed by atoms with Gasteiger partial charge in [-0.15, -0.1) is 0 Å². The summed E-state index contributed by atoms with van der Waals surface area (Å²) in [6.45, 7) is 5.88. The van der Waals surface area contributed by atoms with E-state index in [1.807, 2.05) is 66.0 Å². The second kappa shape index (κ2) is 4.99. The Labute approximate surface area is 128 Å². The van der Waals surface area contributed by atoms with Gasteiger partial charge in [-0.25, -0.2) is 0 Å². The summed E-state index contributed by atoms with van der Waals surface area (Å²) < 4.78 is 6.38. The maximum absolute atomic E-state index is 11.9. The van der Waals surface area contributed by atoms with E-state index in [1.54, 1.807) is 6.08 Å². The molecule has 0 aromatic heterocycles. The van der Waals surface area contributed by atoms with Gasteiger partial charge in [0.15, 0.2) is 0 Å². The van der Waals surface area contributed by atoms with Crippen molar-refractivity contribution in [2.45, 2.75) is 20.8 Å². The van der Waals surface area contributed by atoms with Gasteiger partial charge >= 0.3 is 0 Å². The topological polar surface area (TPSA) is 43.4 Å². The average molecular weight is 460 g/mol. The van der Waals surface area contributed by atoms with Gasteiger partial charge in [0.05, 0.1) is 10.7 Å². The van der Waals surface area contributed by atoms with Gasteiger partial charge in [0.25, 0.3) is 0 Å². The zero-order chi connectivity index (χ0) is 13.4. The lowest BCUT2D eigenvalue weighted by atomic mass is 9.64. The van der Waals surface area contributed by atoms with E-state index in [2.05, 4.69) is 0 Å². The molecule has 0 N–H and O–H groups in total. The molecule has 0 amide bonds. The predicted molar refractivity (Wildman–Crippen MR) is 83.1 cm³/mol. The molecule has 0 saturated carbocycles. The van der Waals surface area contributed by atoms with Crippen molar-refractivity contribution >= 4 is 57.3 Å². The van der Waals surface area contributed by atoms with Crippen LogP contribution < -0.4 is 0 Å². The van der Waals surface area contributed by atoms with Crippen molar-refractivity contribution in [3.8, 4) is 0 Å². The third kappa shape index (κ3) is 2.32. The lowest BCUT2D eigenvalue weighted by molar-refractivity contribution is -0.119. The first kappa shape index (κ1) is 15.1. The van der Waals surface area contributed by atoms with Crippen molar-refractivity contribution < 1.29 is 14.3 Å². The zero-order valence-corrected chi connectivity index (χ0v) is 14.5. The Morgan fingerprint density at radius 2 is 1.88 bits per heavy atom. The number of hydrogen-bond donors (Lipinski definition) is 0. The van der Waals surface area contributed by atoms with Crippen LogP contribution in [0.15, 0.2) is 19.0 Å². The molecule has 0 aromatic rings. The molecule has 1 unspecified atom stereocenters. The van der Waals surface area contributed by atoms with Crippen LogP contribution in [0.5, 0.6) is 0 Å². The molecule has 1 aliphatic carbocycles. The molecule has 1 rings (SSSR count). The molecule has 0 heterocycles. The molecule has 0 bridgehead atoms. The number of ether oxygens (including phenoxy) is 1. The molecule has 0 aromatic carbocycles. The van der Waals surface area contributed by atoms with Gasteiger partial charge in [-0.3, -0.25) is 4.79 Å². The minimum Gasteiger partial charge on any atom is -0.498 e. The van der Waals surface area contributed by atoms with Crippen LogP contribution >= 0.6 is 45.2 Å². The van der Waals surface area contributed by atoms with Crippen LogP contribution in [0.25, 0.3) is 0 Å². The fourth-order valence-corrected chi connectivity index (χ4v) is 4.03. The van der Waals surface area contributed by atoms with Gasteiger partial charge in [-0.1, -0.05) is 20.8 Å². The Balaban J connectivity index is 3.59. The summed E-state index contributed by atoms with van der Waals surface area (Å²) in [6, 6.07) is 0. The van der Waals surface area contributed by atoms with E-state index in [0.717, 1.165) is 6.29 Å². The molecule has 0 fully saturated rings. The summed E-state index contributed by atoms with van der Waals surface area (Å²) in [5.41, 5.74) is -1.23. The summed E-state index contributed by atoms with van der Waals surface area (Å²) in [4.78, 5) is 23.5. The molecule has 0 aliphatic heterocycles. The summed E-state index contributed by atoms with van der Waals surface area (Å²) in [7, 11) is 1.50. The summed E-state index contributed by atoms with van der Waals surface area (Å²) in [6.07, 6.45) is 2.58. The van der Waals surface area contributed by atoms with Crippen LogP contribution in [0.2, 0.25) is 0 Å². The van der Waals surface area contributed by atoms with E-state index in [4.69, 9.17) is 4.74 Å².